The third-order valence-electron chi connectivity index (χ3n) is 5.27. The van der Waals surface area contributed by atoms with Crippen molar-refractivity contribution >= 4 is 24.4 Å². The Bertz CT molecular complexity index is 401. The minimum absolute atomic E-state index is 0.0361. The molecular weight excluding hydrogens is 340 g/mol. The van der Waals surface area contributed by atoms with E-state index in [0.717, 1.165) is 50.7 Å². The summed E-state index contributed by atoms with van der Waals surface area (Å²) in [6, 6.07) is 0. The summed E-state index contributed by atoms with van der Waals surface area (Å²) in [5.41, 5.74) is 0. The fraction of sp³-hybridized carbons (Fsp3) is 0.895. The lowest BCUT2D eigenvalue weighted by Crippen LogP contribution is -2.22. The van der Waals surface area contributed by atoms with E-state index in [0.29, 0.717) is 19.3 Å². The largest absolute Gasteiger partial charge is 0.481 e. The van der Waals surface area contributed by atoms with Crippen LogP contribution in [-0.4, -0.2) is 45.0 Å². The third kappa shape index (κ3) is 9.06. The number of unbranched alkanes of at least 4 members (excludes halogenated alkanes) is 4. The van der Waals surface area contributed by atoms with Crippen LogP contribution in [0.3, 0.4) is 0 Å². The molecule has 1 aliphatic carbocycles. The quantitative estimate of drug-likeness (QED) is 0.277. The highest BCUT2D eigenvalue weighted by atomic mass is 32.1. The number of hydrogen-bond donors (Lipinski definition) is 4. The monoisotopic (exact) mass is 374 g/mol. The third-order valence-corrected chi connectivity index (χ3v) is 5.59. The van der Waals surface area contributed by atoms with Gasteiger partial charge >= 0.3 is 5.97 Å². The minimum atomic E-state index is -0.762. The molecule has 0 aromatic heterocycles. The molecule has 0 aromatic carbocycles. The topological polar surface area (TPSA) is 94.8 Å². The Balaban J connectivity index is 2.30. The van der Waals surface area contributed by atoms with Crippen molar-refractivity contribution in [1.82, 2.24) is 0 Å². The Hall–Kier alpha value is -0.590. The van der Waals surface area contributed by atoms with Gasteiger partial charge in [0.15, 0.2) is 0 Å². The van der Waals surface area contributed by atoms with Gasteiger partial charge in [-0.3, -0.25) is 9.59 Å². The van der Waals surface area contributed by atoms with Gasteiger partial charge in [-0.1, -0.05) is 25.7 Å². The fourth-order valence-electron chi connectivity index (χ4n) is 3.80. The number of aliphatic carboxylic acids is 1. The zero-order valence-corrected chi connectivity index (χ0v) is 16.0. The van der Waals surface area contributed by atoms with Gasteiger partial charge < -0.3 is 15.3 Å². The van der Waals surface area contributed by atoms with Crippen LogP contribution in [0.15, 0.2) is 0 Å². The molecule has 0 heterocycles. The van der Waals surface area contributed by atoms with Crippen molar-refractivity contribution < 1.29 is 24.9 Å². The van der Waals surface area contributed by atoms with E-state index < -0.39 is 12.1 Å². The number of hydrogen-bond acceptors (Lipinski definition) is 5. The Labute approximate surface area is 156 Å². The predicted octanol–water partition coefficient (Wildman–Crippen LogP) is 3.22. The highest BCUT2D eigenvalue weighted by Crippen LogP contribution is 2.36. The highest BCUT2D eigenvalue weighted by Gasteiger charge is 2.40. The highest BCUT2D eigenvalue weighted by molar-refractivity contribution is 7.80. The first-order valence-corrected chi connectivity index (χ1v) is 10.3. The summed E-state index contributed by atoms with van der Waals surface area (Å²) < 4.78 is 0. The maximum absolute atomic E-state index is 12.2. The molecular formula is C19H34O5S. The number of carboxylic acid groups (broad SMARTS) is 1. The molecule has 4 atom stereocenters. The predicted molar refractivity (Wildman–Crippen MR) is 101 cm³/mol. The first-order valence-electron chi connectivity index (χ1n) is 9.67. The lowest BCUT2D eigenvalue weighted by atomic mass is 9.85. The number of Topliss-reactive ketones (excluding diaryl/α,β-unsaturated/α-hetero) is 1. The molecule has 6 heteroatoms. The fourth-order valence-corrected chi connectivity index (χ4v) is 4.02. The molecule has 0 unspecified atom stereocenters. The molecule has 3 N–H and O–H groups in total. The van der Waals surface area contributed by atoms with Crippen LogP contribution in [0, 0.1) is 11.8 Å². The summed E-state index contributed by atoms with van der Waals surface area (Å²) in [5, 5.41) is 28.9. The molecule has 0 bridgehead atoms. The Morgan fingerprint density at radius 2 is 1.80 bits per heavy atom. The van der Waals surface area contributed by atoms with E-state index in [4.69, 9.17) is 5.11 Å². The van der Waals surface area contributed by atoms with Crippen molar-refractivity contribution in [3.8, 4) is 0 Å². The van der Waals surface area contributed by atoms with Crippen LogP contribution in [0.5, 0.6) is 0 Å². The summed E-state index contributed by atoms with van der Waals surface area (Å²) in [5.74, 6) is 0.0803. The van der Waals surface area contributed by atoms with Crippen molar-refractivity contribution in [2.75, 3.05) is 5.75 Å². The van der Waals surface area contributed by atoms with Crippen LogP contribution in [0.4, 0.5) is 0 Å². The average Bonchev–Trinajstić information content (AvgIpc) is 2.82. The van der Waals surface area contributed by atoms with E-state index in [9.17, 15) is 19.8 Å². The number of rotatable bonds is 14. The van der Waals surface area contributed by atoms with Gasteiger partial charge in [-0.05, 0) is 50.2 Å². The van der Waals surface area contributed by atoms with Gasteiger partial charge in [-0.25, -0.2) is 0 Å². The first kappa shape index (κ1) is 22.5. The molecule has 0 aromatic rings. The molecule has 5 nitrogen and oxygen atoms in total. The second-order valence-corrected chi connectivity index (χ2v) is 7.75. The van der Waals surface area contributed by atoms with E-state index in [-0.39, 0.29) is 36.6 Å². The Kier molecular flexibility index (Phi) is 11.4. The lowest BCUT2D eigenvalue weighted by molar-refractivity contribution is -0.137. The van der Waals surface area contributed by atoms with E-state index >= 15 is 0 Å². The SMILES string of the molecule is O=C(O)CCCCCC[C@H]1C(=O)C[C@@H](O)[C@@H]1CC[C@@H](O)CCCCS. The first-order chi connectivity index (χ1) is 12.0. The second-order valence-electron chi connectivity index (χ2n) is 7.31. The maximum Gasteiger partial charge on any atom is 0.303 e. The molecule has 0 radical (unpaired) electrons. The number of carbonyl (C=O) groups is 2. The molecule has 1 fully saturated rings. The molecule has 0 aliphatic heterocycles. The van der Waals surface area contributed by atoms with Crippen molar-refractivity contribution in [2.45, 2.75) is 89.3 Å². The van der Waals surface area contributed by atoms with Crippen LogP contribution in [0.2, 0.25) is 0 Å². The van der Waals surface area contributed by atoms with Gasteiger partial charge in [-0.15, -0.1) is 0 Å². The summed E-state index contributed by atoms with van der Waals surface area (Å²) in [6.07, 6.45) is 7.67. The van der Waals surface area contributed by atoms with Gasteiger partial charge in [0.2, 0.25) is 0 Å². The van der Waals surface area contributed by atoms with Crippen LogP contribution in [0.1, 0.15) is 77.0 Å². The molecule has 0 saturated heterocycles. The standard InChI is InChI=1S/C19H34O5S/c20-14(7-5-6-12-25)10-11-16-15(17(21)13-18(16)22)8-3-1-2-4-9-19(23)24/h14-16,18,20,22,25H,1-13H2,(H,23,24)/t14-,15+,16+,18+/m0/s1. The van der Waals surface area contributed by atoms with Crippen LogP contribution < -0.4 is 0 Å². The molecule has 1 saturated carbocycles. The molecule has 0 amide bonds. The lowest BCUT2D eigenvalue weighted by Gasteiger charge is -2.22. The molecule has 1 rings (SSSR count). The average molecular weight is 375 g/mol. The number of carboxylic acids is 1. The number of carbonyl (C=O) groups excluding carboxylic acids is 1. The van der Waals surface area contributed by atoms with Crippen LogP contribution in [-0.2, 0) is 9.59 Å². The van der Waals surface area contributed by atoms with Gasteiger partial charge in [0.1, 0.15) is 5.78 Å². The Morgan fingerprint density at radius 3 is 2.48 bits per heavy atom. The smallest absolute Gasteiger partial charge is 0.303 e. The van der Waals surface area contributed by atoms with E-state index in [1.165, 1.54) is 0 Å². The number of ketones is 1. The van der Waals surface area contributed by atoms with Crippen LogP contribution in [0.25, 0.3) is 0 Å². The van der Waals surface area contributed by atoms with Crippen molar-refractivity contribution in [3.63, 3.8) is 0 Å². The Morgan fingerprint density at radius 1 is 1.08 bits per heavy atom. The second kappa shape index (κ2) is 12.7. The van der Waals surface area contributed by atoms with E-state index in [1.807, 2.05) is 0 Å². The summed E-state index contributed by atoms with van der Waals surface area (Å²) in [7, 11) is 0. The van der Waals surface area contributed by atoms with Crippen molar-refractivity contribution in [1.29, 1.82) is 0 Å². The van der Waals surface area contributed by atoms with E-state index in [2.05, 4.69) is 12.6 Å². The minimum Gasteiger partial charge on any atom is -0.481 e. The number of aliphatic hydroxyl groups excluding tert-OH is 2. The van der Waals surface area contributed by atoms with Gasteiger partial charge in [-0.2, -0.15) is 12.6 Å². The van der Waals surface area contributed by atoms with Crippen molar-refractivity contribution in [3.05, 3.63) is 0 Å². The zero-order chi connectivity index (χ0) is 18.7. The molecule has 25 heavy (non-hydrogen) atoms. The maximum atomic E-state index is 12.2. The van der Waals surface area contributed by atoms with Gasteiger partial charge in [0.05, 0.1) is 12.2 Å². The normalized spacial score (nSPS) is 24.6. The van der Waals surface area contributed by atoms with Crippen molar-refractivity contribution in [2.24, 2.45) is 11.8 Å². The van der Waals surface area contributed by atoms with Crippen LogP contribution >= 0.6 is 12.6 Å². The summed E-state index contributed by atoms with van der Waals surface area (Å²) in [6.45, 7) is 0. The number of thiol groups is 1. The summed E-state index contributed by atoms with van der Waals surface area (Å²) >= 11 is 4.16. The number of aliphatic hydroxyl groups is 2. The molecule has 146 valence electrons. The van der Waals surface area contributed by atoms with Gasteiger partial charge in [0, 0.05) is 18.8 Å². The van der Waals surface area contributed by atoms with Gasteiger partial charge in [0.25, 0.3) is 0 Å². The van der Waals surface area contributed by atoms with E-state index in [1.54, 1.807) is 0 Å². The molecule has 0 spiro atoms. The molecule has 1 aliphatic rings. The summed E-state index contributed by atoms with van der Waals surface area (Å²) in [4.78, 5) is 22.6. The zero-order valence-electron chi connectivity index (χ0n) is 15.1.